The molecule has 1 heterocycles. The van der Waals surface area contributed by atoms with Crippen LogP contribution in [0, 0.1) is 11.3 Å². The predicted molar refractivity (Wildman–Crippen MR) is 85.6 cm³/mol. The van der Waals surface area contributed by atoms with E-state index in [9.17, 15) is 0 Å². The maximum Gasteiger partial charge on any atom is 0.00697 e. The molecule has 1 N–H and O–H groups in total. The summed E-state index contributed by atoms with van der Waals surface area (Å²) in [6.45, 7) is 17.8. The molecule has 19 heavy (non-hydrogen) atoms. The fraction of sp³-hybridized carbons (Fsp3) is 1.00. The highest BCUT2D eigenvalue weighted by Crippen LogP contribution is 2.31. The first kappa shape index (κ1) is 17.0. The standard InChI is InChI=1S/C17H36N2/c1-7-17(8-2,12-18-14(3)4)13-19-10-9-15(5)11-16(19)6/h14-16,18H,7-13H2,1-6H3. The minimum atomic E-state index is 0.457. The van der Waals surface area contributed by atoms with Gasteiger partial charge in [0.2, 0.25) is 0 Å². The number of piperidine rings is 1. The topological polar surface area (TPSA) is 15.3 Å². The summed E-state index contributed by atoms with van der Waals surface area (Å²) < 4.78 is 0. The molecule has 0 aromatic rings. The second-order valence-corrected chi connectivity index (χ2v) is 7.19. The van der Waals surface area contributed by atoms with Gasteiger partial charge in [-0.05, 0) is 50.5 Å². The van der Waals surface area contributed by atoms with Crippen LogP contribution in [0.4, 0.5) is 0 Å². The van der Waals surface area contributed by atoms with Crippen molar-refractivity contribution in [2.75, 3.05) is 19.6 Å². The Morgan fingerprint density at radius 3 is 2.32 bits per heavy atom. The molecule has 2 unspecified atom stereocenters. The van der Waals surface area contributed by atoms with E-state index in [0.717, 1.165) is 18.5 Å². The van der Waals surface area contributed by atoms with Gasteiger partial charge < -0.3 is 10.2 Å². The number of hydrogen-bond donors (Lipinski definition) is 1. The predicted octanol–water partition coefficient (Wildman–Crippen LogP) is 3.91. The highest BCUT2D eigenvalue weighted by atomic mass is 15.2. The molecule has 0 aliphatic carbocycles. The zero-order valence-electron chi connectivity index (χ0n) is 14.1. The third kappa shape index (κ3) is 5.07. The normalized spacial score (nSPS) is 26.1. The monoisotopic (exact) mass is 268 g/mol. The summed E-state index contributed by atoms with van der Waals surface area (Å²) in [6.07, 6.45) is 5.32. The average molecular weight is 268 g/mol. The highest BCUT2D eigenvalue weighted by molar-refractivity contribution is 4.87. The van der Waals surface area contributed by atoms with Crippen molar-refractivity contribution in [1.82, 2.24) is 10.2 Å². The van der Waals surface area contributed by atoms with E-state index in [2.05, 4.69) is 51.8 Å². The van der Waals surface area contributed by atoms with Gasteiger partial charge in [0.25, 0.3) is 0 Å². The van der Waals surface area contributed by atoms with Crippen molar-refractivity contribution in [3.63, 3.8) is 0 Å². The third-order valence-corrected chi connectivity index (χ3v) is 5.20. The Morgan fingerprint density at radius 1 is 1.21 bits per heavy atom. The van der Waals surface area contributed by atoms with Gasteiger partial charge in [0.1, 0.15) is 0 Å². The van der Waals surface area contributed by atoms with Crippen LogP contribution in [-0.2, 0) is 0 Å². The van der Waals surface area contributed by atoms with E-state index in [1.54, 1.807) is 0 Å². The molecule has 1 saturated heterocycles. The molecule has 0 aromatic heterocycles. The van der Waals surface area contributed by atoms with Gasteiger partial charge in [-0.25, -0.2) is 0 Å². The molecule has 0 aromatic carbocycles. The molecule has 0 amide bonds. The highest BCUT2D eigenvalue weighted by Gasteiger charge is 2.32. The molecule has 1 aliphatic heterocycles. The summed E-state index contributed by atoms with van der Waals surface area (Å²) in [5.74, 6) is 0.915. The van der Waals surface area contributed by atoms with Crippen molar-refractivity contribution >= 4 is 0 Å². The fourth-order valence-electron chi connectivity index (χ4n) is 3.32. The number of nitrogens with zero attached hydrogens (tertiary/aromatic N) is 1. The van der Waals surface area contributed by atoms with Crippen LogP contribution < -0.4 is 5.32 Å². The molecule has 2 heteroatoms. The molecule has 0 saturated carbocycles. The van der Waals surface area contributed by atoms with Gasteiger partial charge in [0.05, 0.1) is 0 Å². The smallest absolute Gasteiger partial charge is 0.00697 e. The van der Waals surface area contributed by atoms with E-state index in [4.69, 9.17) is 0 Å². The second-order valence-electron chi connectivity index (χ2n) is 7.19. The molecule has 0 spiro atoms. The minimum absolute atomic E-state index is 0.457. The van der Waals surface area contributed by atoms with Crippen molar-refractivity contribution in [3.05, 3.63) is 0 Å². The molecule has 2 nitrogen and oxygen atoms in total. The summed E-state index contributed by atoms with van der Waals surface area (Å²) in [5.41, 5.74) is 0.457. The molecule has 0 bridgehead atoms. The summed E-state index contributed by atoms with van der Waals surface area (Å²) in [6, 6.07) is 1.36. The van der Waals surface area contributed by atoms with E-state index in [0.29, 0.717) is 11.5 Å². The zero-order chi connectivity index (χ0) is 14.5. The lowest BCUT2D eigenvalue weighted by Gasteiger charge is -2.44. The van der Waals surface area contributed by atoms with Gasteiger partial charge in [-0.15, -0.1) is 0 Å². The Balaban J connectivity index is 2.61. The molecule has 114 valence electrons. The molecular weight excluding hydrogens is 232 g/mol. The lowest BCUT2D eigenvalue weighted by molar-refractivity contribution is 0.0634. The fourth-order valence-corrected chi connectivity index (χ4v) is 3.32. The van der Waals surface area contributed by atoms with Crippen molar-refractivity contribution in [3.8, 4) is 0 Å². The first-order chi connectivity index (χ1) is 8.92. The van der Waals surface area contributed by atoms with E-state index < -0.39 is 0 Å². The number of hydrogen-bond acceptors (Lipinski definition) is 2. The maximum absolute atomic E-state index is 3.67. The molecule has 2 atom stereocenters. The van der Waals surface area contributed by atoms with Crippen molar-refractivity contribution in [1.29, 1.82) is 0 Å². The van der Waals surface area contributed by atoms with Crippen LogP contribution in [0.5, 0.6) is 0 Å². The van der Waals surface area contributed by atoms with Crippen molar-refractivity contribution in [2.24, 2.45) is 11.3 Å². The first-order valence-electron chi connectivity index (χ1n) is 8.40. The maximum atomic E-state index is 3.67. The van der Waals surface area contributed by atoms with Crippen LogP contribution in [0.3, 0.4) is 0 Å². The van der Waals surface area contributed by atoms with Crippen molar-refractivity contribution in [2.45, 2.75) is 79.3 Å². The molecular formula is C17H36N2. The van der Waals surface area contributed by atoms with Crippen LogP contribution >= 0.6 is 0 Å². The number of rotatable bonds is 7. The van der Waals surface area contributed by atoms with E-state index in [1.165, 1.54) is 38.8 Å². The molecule has 1 rings (SSSR count). The van der Waals surface area contributed by atoms with E-state index >= 15 is 0 Å². The first-order valence-corrected chi connectivity index (χ1v) is 8.40. The largest absolute Gasteiger partial charge is 0.314 e. The lowest BCUT2D eigenvalue weighted by atomic mass is 9.80. The van der Waals surface area contributed by atoms with E-state index in [1.807, 2.05) is 0 Å². The Kier molecular flexibility index (Phi) is 6.82. The van der Waals surface area contributed by atoms with Crippen LogP contribution in [0.1, 0.15) is 67.2 Å². The average Bonchev–Trinajstić information content (AvgIpc) is 2.37. The van der Waals surface area contributed by atoms with Crippen LogP contribution in [-0.4, -0.2) is 36.6 Å². The molecule has 1 fully saturated rings. The third-order valence-electron chi connectivity index (χ3n) is 5.20. The minimum Gasteiger partial charge on any atom is -0.314 e. The summed E-state index contributed by atoms with van der Waals surface area (Å²) in [7, 11) is 0. The summed E-state index contributed by atoms with van der Waals surface area (Å²) in [4.78, 5) is 2.75. The van der Waals surface area contributed by atoms with Gasteiger partial charge in [-0.1, -0.05) is 34.6 Å². The number of likely N-dealkylation sites (tertiary alicyclic amines) is 1. The van der Waals surface area contributed by atoms with Gasteiger partial charge in [0.15, 0.2) is 0 Å². The number of nitrogens with one attached hydrogen (secondary N) is 1. The van der Waals surface area contributed by atoms with Crippen LogP contribution in [0.2, 0.25) is 0 Å². The van der Waals surface area contributed by atoms with Crippen LogP contribution in [0.15, 0.2) is 0 Å². The molecule has 0 radical (unpaired) electrons. The SMILES string of the molecule is CCC(CC)(CNC(C)C)CN1CCC(C)CC1C. The van der Waals surface area contributed by atoms with Gasteiger partial charge in [0, 0.05) is 25.2 Å². The Labute approximate surface area is 121 Å². The van der Waals surface area contributed by atoms with Gasteiger partial charge in [-0.2, -0.15) is 0 Å². The summed E-state index contributed by atoms with van der Waals surface area (Å²) >= 11 is 0. The quantitative estimate of drug-likeness (QED) is 0.753. The van der Waals surface area contributed by atoms with Gasteiger partial charge >= 0.3 is 0 Å². The Morgan fingerprint density at radius 2 is 1.84 bits per heavy atom. The van der Waals surface area contributed by atoms with Crippen molar-refractivity contribution < 1.29 is 0 Å². The van der Waals surface area contributed by atoms with E-state index in [-0.39, 0.29) is 0 Å². The Hall–Kier alpha value is -0.0800. The lowest BCUT2D eigenvalue weighted by Crippen LogP contribution is -2.50. The van der Waals surface area contributed by atoms with Crippen LogP contribution in [0.25, 0.3) is 0 Å². The second kappa shape index (κ2) is 7.64. The summed E-state index contributed by atoms with van der Waals surface area (Å²) in [5, 5.41) is 3.67. The van der Waals surface area contributed by atoms with Gasteiger partial charge in [-0.3, -0.25) is 0 Å². The molecule has 1 aliphatic rings. The zero-order valence-corrected chi connectivity index (χ0v) is 14.1. The Bertz CT molecular complexity index is 246.